The van der Waals surface area contributed by atoms with E-state index in [4.69, 9.17) is 0 Å². The third-order valence-corrected chi connectivity index (χ3v) is 2.69. The van der Waals surface area contributed by atoms with Crippen LogP contribution in [0.5, 0.6) is 0 Å². The lowest BCUT2D eigenvalue weighted by Crippen LogP contribution is -2.53. The van der Waals surface area contributed by atoms with Crippen molar-refractivity contribution in [2.24, 2.45) is 0 Å². The van der Waals surface area contributed by atoms with Crippen molar-refractivity contribution in [2.75, 3.05) is 5.32 Å². The predicted octanol–water partition coefficient (Wildman–Crippen LogP) is 1.41. The van der Waals surface area contributed by atoms with E-state index < -0.39 is 5.60 Å². The number of pyridine rings is 1. The molecule has 0 amide bonds. The van der Waals surface area contributed by atoms with Gasteiger partial charge in [0, 0.05) is 12.4 Å². The lowest BCUT2D eigenvalue weighted by molar-refractivity contribution is -0.0286. The minimum atomic E-state index is -0.546. The maximum atomic E-state index is 9.75. The van der Waals surface area contributed by atoms with Crippen LogP contribution in [0.15, 0.2) is 24.5 Å². The molecule has 1 heterocycles. The van der Waals surface area contributed by atoms with Gasteiger partial charge in [0.05, 0.1) is 17.3 Å². The summed E-state index contributed by atoms with van der Waals surface area (Å²) in [6.07, 6.45) is 5.42. The Hall–Kier alpha value is -1.09. The average molecular weight is 178 g/mol. The highest BCUT2D eigenvalue weighted by atomic mass is 16.3. The van der Waals surface area contributed by atoms with Gasteiger partial charge in [-0.05, 0) is 31.9 Å². The second-order valence-corrected chi connectivity index (χ2v) is 3.83. The third-order valence-electron chi connectivity index (χ3n) is 2.69. The second kappa shape index (κ2) is 3.00. The van der Waals surface area contributed by atoms with Crippen LogP contribution in [0, 0.1) is 0 Å². The van der Waals surface area contributed by atoms with Gasteiger partial charge in [-0.25, -0.2) is 0 Å². The molecule has 1 saturated carbocycles. The maximum absolute atomic E-state index is 9.75. The SMILES string of the molecule is C[C@]1(O)CC[C@@H]1Nc1cccnc1. The molecule has 3 nitrogen and oxygen atoms in total. The first-order valence-electron chi connectivity index (χ1n) is 4.57. The Morgan fingerprint density at radius 3 is 3.00 bits per heavy atom. The van der Waals surface area contributed by atoms with Crippen molar-refractivity contribution in [1.82, 2.24) is 4.98 Å². The van der Waals surface area contributed by atoms with Crippen LogP contribution in [0.2, 0.25) is 0 Å². The molecule has 1 fully saturated rings. The number of hydrogen-bond acceptors (Lipinski definition) is 3. The molecule has 2 rings (SSSR count). The Morgan fingerprint density at radius 1 is 1.69 bits per heavy atom. The number of nitrogens with one attached hydrogen (secondary N) is 1. The van der Waals surface area contributed by atoms with Crippen LogP contribution in [0.4, 0.5) is 5.69 Å². The van der Waals surface area contributed by atoms with Crippen LogP contribution < -0.4 is 5.32 Å². The molecule has 13 heavy (non-hydrogen) atoms. The van der Waals surface area contributed by atoms with Gasteiger partial charge in [0.15, 0.2) is 0 Å². The van der Waals surface area contributed by atoms with E-state index in [1.165, 1.54) is 0 Å². The third kappa shape index (κ3) is 1.65. The van der Waals surface area contributed by atoms with Crippen LogP contribution in [0.25, 0.3) is 0 Å². The van der Waals surface area contributed by atoms with E-state index in [9.17, 15) is 5.11 Å². The van der Waals surface area contributed by atoms with Gasteiger partial charge in [-0.2, -0.15) is 0 Å². The molecule has 0 unspecified atom stereocenters. The molecule has 0 saturated heterocycles. The van der Waals surface area contributed by atoms with Gasteiger partial charge in [0.1, 0.15) is 0 Å². The molecule has 0 aliphatic heterocycles. The molecule has 70 valence electrons. The predicted molar refractivity (Wildman–Crippen MR) is 51.5 cm³/mol. The highest BCUT2D eigenvalue weighted by Crippen LogP contribution is 2.33. The summed E-state index contributed by atoms with van der Waals surface area (Å²) in [5.74, 6) is 0. The summed E-state index contributed by atoms with van der Waals surface area (Å²) in [7, 11) is 0. The summed E-state index contributed by atoms with van der Waals surface area (Å²) >= 11 is 0. The Labute approximate surface area is 77.8 Å². The zero-order valence-corrected chi connectivity index (χ0v) is 7.70. The van der Waals surface area contributed by atoms with Gasteiger partial charge in [0.2, 0.25) is 0 Å². The first-order chi connectivity index (χ1) is 6.18. The molecule has 2 atom stereocenters. The first kappa shape index (κ1) is 8.51. The average Bonchev–Trinajstić information content (AvgIpc) is 2.15. The highest BCUT2D eigenvalue weighted by Gasteiger charge is 2.40. The van der Waals surface area contributed by atoms with Gasteiger partial charge >= 0.3 is 0 Å². The van der Waals surface area contributed by atoms with Gasteiger partial charge in [-0.1, -0.05) is 0 Å². The van der Waals surface area contributed by atoms with E-state index in [1.54, 1.807) is 12.4 Å². The minimum Gasteiger partial charge on any atom is -0.388 e. The Balaban J connectivity index is 2.00. The largest absolute Gasteiger partial charge is 0.388 e. The van der Waals surface area contributed by atoms with Crippen LogP contribution in [0.3, 0.4) is 0 Å². The molecule has 3 heteroatoms. The normalized spacial score (nSPS) is 32.3. The molecule has 0 spiro atoms. The summed E-state index contributed by atoms with van der Waals surface area (Å²) < 4.78 is 0. The zero-order chi connectivity index (χ0) is 9.31. The van der Waals surface area contributed by atoms with E-state index in [2.05, 4.69) is 10.3 Å². The minimum absolute atomic E-state index is 0.177. The standard InChI is InChI=1S/C10H14N2O/c1-10(13)5-4-9(10)12-8-3-2-6-11-7-8/h2-3,6-7,9,12-13H,4-5H2,1H3/t9-,10-/m0/s1. The topological polar surface area (TPSA) is 45.1 Å². The molecule has 0 aromatic carbocycles. The molecule has 1 aliphatic carbocycles. The van der Waals surface area contributed by atoms with Crippen LogP contribution >= 0.6 is 0 Å². The fourth-order valence-corrected chi connectivity index (χ4v) is 1.58. The van der Waals surface area contributed by atoms with Crippen molar-refractivity contribution in [2.45, 2.75) is 31.4 Å². The van der Waals surface area contributed by atoms with E-state index in [-0.39, 0.29) is 6.04 Å². The molecule has 0 radical (unpaired) electrons. The summed E-state index contributed by atoms with van der Waals surface area (Å²) in [6, 6.07) is 4.02. The lowest BCUT2D eigenvalue weighted by Gasteiger charge is -2.43. The summed E-state index contributed by atoms with van der Waals surface area (Å²) in [5, 5.41) is 13.0. The van der Waals surface area contributed by atoms with Crippen LogP contribution in [0.1, 0.15) is 19.8 Å². The second-order valence-electron chi connectivity index (χ2n) is 3.83. The summed E-state index contributed by atoms with van der Waals surface area (Å²) in [5.41, 5.74) is 0.433. The zero-order valence-electron chi connectivity index (χ0n) is 7.70. The maximum Gasteiger partial charge on any atom is 0.0820 e. The van der Waals surface area contributed by atoms with E-state index in [1.807, 2.05) is 19.1 Å². The van der Waals surface area contributed by atoms with Crippen molar-refractivity contribution in [3.63, 3.8) is 0 Å². The Bertz CT molecular complexity index is 284. The highest BCUT2D eigenvalue weighted by molar-refractivity contribution is 5.42. The van der Waals surface area contributed by atoms with Gasteiger partial charge in [0.25, 0.3) is 0 Å². The van der Waals surface area contributed by atoms with Gasteiger partial charge < -0.3 is 10.4 Å². The monoisotopic (exact) mass is 178 g/mol. The Morgan fingerprint density at radius 2 is 2.54 bits per heavy atom. The van der Waals surface area contributed by atoms with Crippen molar-refractivity contribution in [3.05, 3.63) is 24.5 Å². The number of aromatic nitrogens is 1. The quantitative estimate of drug-likeness (QED) is 0.719. The van der Waals surface area contributed by atoms with Gasteiger partial charge in [-0.15, -0.1) is 0 Å². The summed E-state index contributed by atoms with van der Waals surface area (Å²) in [6.45, 7) is 1.87. The van der Waals surface area contributed by atoms with Crippen molar-refractivity contribution >= 4 is 5.69 Å². The molecular formula is C10H14N2O. The molecular weight excluding hydrogens is 164 g/mol. The number of anilines is 1. The first-order valence-corrected chi connectivity index (χ1v) is 4.57. The fraction of sp³-hybridized carbons (Fsp3) is 0.500. The number of aliphatic hydroxyl groups is 1. The molecule has 2 N–H and O–H groups in total. The number of nitrogens with zero attached hydrogens (tertiary/aromatic N) is 1. The number of hydrogen-bond donors (Lipinski definition) is 2. The van der Waals surface area contributed by atoms with Crippen molar-refractivity contribution in [3.8, 4) is 0 Å². The fourth-order valence-electron chi connectivity index (χ4n) is 1.58. The molecule has 0 bridgehead atoms. The number of rotatable bonds is 2. The smallest absolute Gasteiger partial charge is 0.0820 e. The van der Waals surface area contributed by atoms with E-state index in [0.29, 0.717) is 0 Å². The van der Waals surface area contributed by atoms with Crippen LogP contribution in [-0.2, 0) is 0 Å². The van der Waals surface area contributed by atoms with E-state index in [0.717, 1.165) is 18.5 Å². The lowest BCUT2D eigenvalue weighted by atomic mass is 9.76. The summed E-state index contributed by atoms with van der Waals surface area (Å²) in [4.78, 5) is 4.00. The molecule has 1 aliphatic rings. The van der Waals surface area contributed by atoms with E-state index >= 15 is 0 Å². The van der Waals surface area contributed by atoms with Gasteiger partial charge in [-0.3, -0.25) is 4.98 Å². The van der Waals surface area contributed by atoms with Crippen molar-refractivity contribution < 1.29 is 5.11 Å². The molecule has 1 aromatic rings. The molecule has 1 aromatic heterocycles. The van der Waals surface area contributed by atoms with Crippen molar-refractivity contribution in [1.29, 1.82) is 0 Å². The van der Waals surface area contributed by atoms with Crippen LogP contribution in [-0.4, -0.2) is 21.7 Å². The Kier molecular flexibility index (Phi) is 1.96.